The van der Waals surface area contributed by atoms with Gasteiger partial charge in [-0.15, -0.1) is 0 Å². The van der Waals surface area contributed by atoms with Crippen molar-refractivity contribution in [3.8, 4) is 17.1 Å². The first-order chi connectivity index (χ1) is 11.9. The Hall–Kier alpha value is -3.22. The molecule has 0 fully saturated rings. The van der Waals surface area contributed by atoms with Gasteiger partial charge in [0.1, 0.15) is 22.6 Å². The normalized spacial score (nSPS) is 12.6. The number of hydrogen-bond acceptors (Lipinski definition) is 6. The van der Waals surface area contributed by atoms with Gasteiger partial charge < -0.3 is 24.9 Å². The quantitative estimate of drug-likeness (QED) is 0.614. The van der Waals surface area contributed by atoms with Gasteiger partial charge in [-0.05, 0) is 19.1 Å². The Morgan fingerprint density at radius 1 is 1.28 bits per heavy atom. The second kappa shape index (κ2) is 7.57. The molecule has 0 saturated heterocycles. The summed E-state index contributed by atoms with van der Waals surface area (Å²) in [6, 6.07) is 5.12. The minimum Gasteiger partial charge on any atom is -0.501 e. The summed E-state index contributed by atoms with van der Waals surface area (Å²) in [4.78, 5) is 19.6. The molecule has 0 aliphatic carbocycles. The van der Waals surface area contributed by atoms with Crippen molar-refractivity contribution in [2.75, 3.05) is 27.1 Å². The smallest absolute Gasteiger partial charge is 0.262 e. The molecule has 0 saturated carbocycles. The summed E-state index contributed by atoms with van der Waals surface area (Å²) in [6.45, 7) is 5.61. The van der Waals surface area contributed by atoms with Crippen LogP contribution in [0.4, 0.5) is 5.69 Å². The Morgan fingerprint density at radius 3 is 2.52 bits per heavy atom. The molecule has 25 heavy (non-hydrogen) atoms. The van der Waals surface area contributed by atoms with Crippen molar-refractivity contribution in [2.45, 2.75) is 6.92 Å². The predicted molar refractivity (Wildman–Crippen MR) is 97.2 cm³/mol. The maximum atomic E-state index is 12.6. The Bertz CT molecular complexity index is 943. The zero-order valence-corrected chi connectivity index (χ0v) is 14.7. The number of ether oxygens (including phenoxy) is 3. The van der Waals surface area contributed by atoms with E-state index >= 15 is 0 Å². The van der Waals surface area contributed by atoms with Gasteiger partial charge in [-0.25, -0.2) is 4.98 Å². The predicted octanol–water partition coefficient (Wildman–Crippen LogP) is 0.743. The Morgan fingerprint density at radius 2 is 2.00 bits per heavy atom. The zero-order valence-electron chi connectivity index (χ0n) is 14.7. The number of methoxy groups -OCH3 is 3. The standard InChI is InChI=1S/C18H21N3O4/c1-10(23-3)8-15(25-5)16-11(2)20-17(21-18(16)22)13-7-6-12(24-4)9-14(13)19/h6-9H,2,19H2,1,3-5H3,(H,20,21,22)/b10-8+,16-15-. The third-order valence-corrected chi connectivity index (χ3v) is 3.63. The average molecular weight is 343 g/mol. The summed E-state index contributed by atoms with van der Waals surface area (Å²) < 4.78 is 15.5. The number of nitrogens with one attached hydrogen (secondary N) is 1. The third kappa shape index (κ3) is 3.82. The molecule has 0 unspecified atom stereocenters. The van der Waals surface area contributed by atoms with E-state index in [9.17, 15) is 4.79 Å². The molecule has 2 rings (SSSR count). The van der Waals surface area contributed by atoms with Crippen molar-refractivity contribution >= 4 is 18.0 Å². The minimum absolute atomic E-state index is 0.231. The second-order valence-corrected chi connectivity index (χ2v) is 5.22. The van der Waals surface area contributed by atoms with Crippen molar-refractivity contribution in [3.63, 3.8) is 0 Å². The van der Waals surface area contributed by atoms with Crippen molar-refractivity contribution in [2.24, 2.45) is 0 Å². The molecule has 1 aromatic carbocycles. The Kier molecular flexibility index (Phi) is 5.49. The van der Waals surface area contributed by atoms with Crippen molar-refractivity contribution in [3.05, 3.63) is 51.0 Å². The van der Waals surface area contributed by atoms with E-state index in [0.29, 0.717) is 34.3 Å². The van der Waals surface area contributed by atoms with Crippen LogP contribution in [0, 0.1) is 0 Å². The molecule has 2 aromatic rings. The molecule has 0 amide bonds. The number of benzene rings is 1. The SMILES string of the molecule is C=c1nc(-c2ccc(OC)cc2N)[nH]c(=O)/c1=C(/C=C(\C)OC)OC. The zero-order chi connectivity index (χ0) is 18.6. The first-order valence-electron chi connectivity index (χ1n) is 7.45. The molecule has 3 N–H and O–H groups in total. The monoisotopic (exact) mass is 343 g/mol. The fraction of sp³-hybridized carbons (Fsp3) is 0.222. The highest BCUT2D eigenvalue weighted by Gasteiger charge is 2.10. The maximum Gasteiger partial charge on any atom is 0.262 e. The van der Waals surface area contributed by atoms with E-state index in [-0.39, 0.29) is 16.1 Å². The van der Waals surface area contributed by atoms with Crippen molar-refractivity contribution < 1.29 is 14.2 Å². The number of hydrogen-bond donors (Lipinski definition) is 2. The van der Waals surface area contributed by atoms with Gasteiger partial charge in [0.05, 0.1) is 32.4 Å². The van der Waals surface area contributed by atoms with E-state index in [1.807, 2.05) is 0 Å². The molecular formula is C18H21N3O4. The van der Waals surface area contributed by atoms with Crippen LogP contribution in [-0.2, 0) is 9.47 Å². The number of H-pyrrole nitrogens is 1. The van der Waals surface area contributed by atoms with Gasteiger partial charge in [0.25, 0.3) is 5.56 Å². The van der Waals surface area contributed by atoms with Crippen molar-refractivity contribution in [1.82, 2.24) is 9.97 Å². The van der Waals surface area contributed by atoms with E-state index in [1.54, 1.807) is 38.3 Å². The molecule has 132 valence electrons. The Labute approximate surface area is 145 Å². The maximum absolute atomic E-state index is 12.6. The highest BCUT2D eigenvalue weighted by Crippen LogP contribution is 2.25. The molecule has 7 nitrogen and oxygen atoms in total. The number of rotatable bonds is 5. The summed E-state index contributed by atoms with van der Waals surface area (Å²) >= 11 is 0. The molecule has 0 atom stereocenters. The van der Waals surface area contributed by atoms with Crippen LogP contribution in [0.25, 0.3) is 23.7 Å². The number of nitrogen functional groups attached to an aromatic ring is 1. The van der Waals surface area contributed by atoms with Gasteiger partial charge in [0, 0.05) is 23.4 Å². The lowest BCUT2D eigenvalue weighted by atomic mass is 10.1. The lowest BCUT2D eigenvalue weighted by Gasteiger charge is -2.08. The molecule has 1 aromatic heterocycles. The van der Waals surface area contributed by atoms with Crippen LogP contribution in [0.1, 0.15) is 6.92 Å². The van der Waals surface area contributed by atoms with Gasteiger partial charge >= 0.3 is 0 Å². The highest BCUT2D eigenvalue weighted by atomic mass is 16.5. The summed E-state index contributed by atoms with van der Waals surface area (Å²) in [5.41, 5.74) is 6.64. The van der Waals surface area contributed by atoms with E-state index in [4.69, 9.17) is 19.9 Å². The first kappa shape index (κ1) is 18.1. The van der Waals surface area contributed by atoms with Gasteiger partial charge in [0.2, 0.25) is 0 Å². The molecular weight excluding hydrogens is 322 g/mol. The van der Waals surface area contributed by atoms with Gasteiger partial charge in [-0.3, -0.25) is 4.79 Å². The van der Waals surface area contributed by atoms with E-state index in [0.717, 1.165) is 0 Å². The Balaban J connectivity index is 2.70. The van der Waals surface area contributed by atoms with Crippen LogP contribution < -0.4 is 26.6 Å². The molecule has 0 radical (unpaired) electrons. The highest BCUT2D eigenvalue weighted by molar-refractivity contribution is 5.72. The summed E-state index contributed by atoms with van der Waals surface area (Å²) in [5.74, 6) is 1.83. The molecule has 1 heterocycles. The minimum atomic E-state index is -0.387. The lowest BCUT2D eigenvalue weighted by Crippen LogP contribution is -2.44. The molecule has 7 heteroatoms. The molecule has 0 bridgehead atoms. The average Bonchev–Trinajstić information content (AvgIpc) is 2.59. The van der Waals surface area contributed by atoms with Crippen LogP contribution in [0.3, 0.4) is 0 Å². The van der Waals surface area contributed by atoms with Crippen molar-refractivity contribution in [1.29, 1.82) is 0 Å². The van der Waals surface area contributed by atoms with E-state index in [1.165, 1.54) is 14.2 Å². The fourth-order valence-corrected chi connectivity index (χ4v) is 2.26. The number of aromatic nitrogens is 2. The number of anilines is 1. The molecule has 0 spiro atoms. The molecule has 0 aliphatic rings. The van der Waals surface area contributed by atoms with Crippen LogP contribution in [-0.4, -0.2) is 31.3 Å². The first-order valence-corrected chi connectivity index (χ1v) is 7.45. The number of nitrogens with zero attached hydrogens (tertiary/aromatic N) is 1. The van der Waals surface area contributed by atoms with E-state index < -0.39 is 0 Å². The lowest BCUT2D eigenvalue weighted by molar-refractivity contribution is 0.290. The number of nitrogens with two attached hydrogens (primary N) is 1. The summed E-state index contributed by atoms with van der Waals surface area (Å²) in [7, 11) is 4.54. The number of aromatic amines is 1. The molecule has 0 aliphatic heterocycles. The summed E-state index contributed by atoms with van der Waals surface area (Å²) in [5, 5.41) is 0.501. The van der Waals surface area contributed by atoms with Crippen LogP contribution in [0.2, 0.25) is 0 Å². The van der Waals surface area contributed by atoms with E-state index in [2.05, 4.69) is 16.5 Å². The van der Waals surface area contributed by atoms with Crippen LogP contribution in [0.5, 0.6) is 5.75 Å². The second-order valence-electron chi connectivity index (χ2n) is 5.22. The van der Waals surface area contributed by atoms with Gasteiger partial charge in [-0.1, -0.05) is 6.58 Å². The largest absolute Gasteiger partial charge is 0.501 e. The number of allylic oxidation sites excluding steroid dienone is 1. The fourth-order valence-electron chi connectivity index (χ4n) is 2.26. The van der Waals surface area contributed by atoms with Gasteiger partial charge in [0.15, 0.2) is 0 Å². The summed E-state index contributed by atoms with van der Waals surface area (Å²) in [6.07, 6.45) is 1.60. The van der Waals surface area contributed by atoms with Crippen LogP contribution >= 0.6 is 0 Å². The third-order valence-electron chi connectivity index (χ3n) is 3.63. The van der Waals surface area contributed by atoms with Crippen LogP contribution in [0.15, 0.2) is 34.8 Å². The van der Waals surface area contributed by atoms with Gasteiger partial charge in [-0.2, -0.15) is 0 Å². The topological polar surface area (TPSA) is 99.5 Å².